The molecule has 0 saturated heterocycles. The van der Waals surface area contributed by atoms with Crippen LogP contribution in [0.1, 0.15) is 181 Å². The Bertz CT molecular complexity index is 1010. The van der Waals surface area contributed by atoms with Gasteiger partial charge in [-0.25, -0.2) is 0 Å². The Balaban J connectivity index is 4.33. The van der Waals surface area contributed by atoms with E-state index in [1.807, 2.05) is 0 Å². The fourth-order valence-electron chi connectivity index (χ4n) is 5.58. The number of carbonyl (C=O) groups excluding carboxylic acids is 2. The van der Waals surface area contributed by atoms with E-state index in [1.165, 1.54) is 38.5 Å². The number of rotatable bonds is 36. The van der Waals surface area contributed by atoms with E-state index in [2.05, 4.69) is 92.1 Å². The van der Waals surface area contributed by atoms with Gasteiger partial charge < -0.3 is 15.2 Å². The van der Waals surface area contributed by atoms with E-state index >= 15 is 0 Å². The van der Waals surface area contributed by atoms with Crippen molar-refractivity contribution in [2.45, 2.75) is 187 Å². The van der Waals surface area contributed by atoms with Gasteiger partial charge in [-0.3, -0.25) is 14.4 Å². The summed E-state index contributed by atoms with van der Waals surface area (Å²) in [5.41, 5.74) is 0. The predicted molar refractivity (Wildman–Crippen MR) is 217 cm³/mol. The number of hydrogen-bond donors (Lipinski definition) is 2. The van der Waals surface area contributed by atoms with Gasteiger partial charge in [-0.05, 0) is 103 Å². The maximum absolute atomic E-state index is 12.7. The minimum Gasteiger partial charge on any atom is -0.480 e. The normalized spacial score (nSPS) is 12.8. The van der Waals surface area contributed by atoms with Gasteiger partial charge in [0.2, 0.25) is 5.91 Å². The predicted octanol–water partition coefficient (Wildman–Crippen LogP) is 12.6. The molecule has 0 rings (SSSR count). The van der Waals surface area contributed by atoms with Crippen molar-refractivity contribution < 1.29 is 24.2 Å². The molecule has 0 radical (unpaired) electrons. The molecule has 290 valence electrons. The molecule has 0 spiro atoms. The van der Waals surface area contributed by atoms with Crippen molar-refractivity contribution >= 4 is 17.8 Å². The van der Waals surface area contributed by atoms with Crippen LogP contribution in [-0.4, -0.2) is 35.6 Å². The zero-order valence-electron chi connectivity index (χ0n) is 32.7. The molecule has 1 atom stereocenters. The largest absolute Gasteiger partial charge is 0.480 e. The topological polar surface area (TPSA) is 92.7 Å². The number of unbranched alkanes of at least 4 members (excludes halogenated alkanes) is 13. The molecule has 0 aliphatic carbocycles. The van der Waals surface area contributed by atoms with Crippen LogP contribution in [-0.2, 0) is 19.1 Å². The van der Waals surface area contributed by atoms with E-state index in [1.54, 1.807) is 0 Å². The molecule has 1 unspecified atom stereocenters. The number of amides is 1. The third-order valence-electron chi connectivity index (χ3n) is 8.61. The van der Waals surface area contributed by atoms with E-state index in [0.717, 1.165) is 116 Å². The summed E-state index contributed by atoms with van der Waals surface area (Å²) in [5.74, 6) is -1.28. The summed E-state index contributed by atoms with van der Waals surface area (Å²) in [6.07, 6.45) is 53.0. The van der Waals surface area contributed by atoms with Gasteiger partial charge in [-0.15, -0.1) is 0 Å². The zero-order valence-corrected chi connectivity index (χ0v) is 32.7. The Morgan fingerprint density at radius 3 is 1.51 bits per heavy atom. The smallest absolute Gasteiger partial charge is 0.322 e. The van der Waals surface area contributed by atoms with Gasteiger partial charge in [-0.2, -0.15) is 0 Å². The maximum atomic E-state index is 12.7. The lowest BCUT2D eigenvalue weighted by atomic mass is 10.0. The summed E-state index contributed by atoms with van der Waals surface area (Å²) in [6.45, 7) is 4.06. The second-order valence-electron chi connectivity index (χ2n) is 13.5. The molecule has 6 nitrogen and oxygen atoms in total. The second-order valence-corrected chi connectivity index (χ2v) is 13.5. The molecule has 0 bridgehead atoms. The van der Waals surface area contributed by atoms with E-state index in [-0.39, 0.29) is 24.5 Å². The quantitative estimate of drug-likeness (QED) is 0.0384. The van der Waals surface area contributed by atoms with Gasteiger partial charge in [-0.1, -0.05) is 138 Å². The number of carbonyl (C=O) groups is 3. The summed E-state index contributed by atoms with van der Waals surface area (Å²) >= 11 is 0. The molecular formula is C45H75NO5. The fraction of sp³-hybridized carbons (Fsp3) is 0.667. The van der Waals surface area contributed by atoms with Crippen LogP contribution >= 0.6 is 0 Å². The Hall–Kier alpha value is -3.15. The van der Waals surface area contributed by atoms with Crippen LogP contribution in [0.4, 0.5) is 0 Å². The summed E-state index contributed by atoms with van der Waals surface area (Å²) in [5, 5.41) is 11.1. The highest BCUT2D eigenvalue weighted by Gasteiger charge is 2.14. The molecule has 0 aliphatic rings. The number of esters is 1. The van der Waals surface area contributed by atoms with E-state index in [0.29, 0.717) is 12.8 Å². The molecule has 1 amide bonds. The Morgan fingerprint density at radius 2 is 0.961 bits per heavy atom. The molecule has 0 aromatic heterocycles. The second kappa shape index (κ2) is 39.6. The van der Waals surface area contributed by atoms with Crippen LogP contribution < -0.4 is 5.32 Å². The summed E-state index contributed by atoms with van der Waals surface area (Å²) in [6, 6.07) is 0. The van der Waals surface area contributed by atoms with Crippen molar-refractivity contribution in [3.8, 4) is 0 Å². The number of hydrogen-bond acceptors (Lipinski definition) is 4. The number of nitrogens with one attached hydrogen (secondary N) is 1. The number of carboxylic acid groups (broad SMARTS) is 1. The molecule has 0 fully saturated rings. The molecule has 2 N–H and O–H groups in total. The third kappa shape index (κ3) is 39.5. The number of ether oxygens (including phenoxy) is 1. The van der Waals surface area contributed by atoms with Gasteiger partial charge in [0.15, 0.2) is 0 Å². The Labute approximate surface area is 313 Å². The van der Waals surface area contributed by atoms with Crippen LogP contribution in [0.2, 0.25) is 0 Å². The molecule has 0 heterocycles. The third-order valence-corrected chi connectivity index (χ3v) is 8.61. The van der Waals surface area contributed by atoms with Gasteiger partial charge in [0, 0.05) is 12.8 Å². The van der Waals surface area contributed by atoms with E-state index < -0.39 is 5.97 Å². The van der Waals surface area contributed by atoms with Crippen LogP contribution in [0.15, 0.2) is 72.9 Å². The maximum Gasteiger partial charge on any atom is 0.322 e. The Morgan fingerprint density at radius 1 is 0.529 bits per heavy atom. The van der Waals surface area contributed by atoms with Gasteiger partial charge in [0.25, 0.3) is 0 Å². The average molecular weight is 710 g/mol. The summed E-state index contributed by atoms with van der Waals surface area (Å²) in [4.78, 5) is 35.0. The highest BCUT2D eigenvalue weighted by molar-refractivity contribution is 5.80. The molecule has 0 aromatic carbocycles. The Kier molecular flexibility index (Phi) is 37.2. The zero-order chi connectivity index (χ0) is 37.3. The van der Waals surface area contributed by atoms with Crippen LogP contribution in [0.3, 0.4) is 0 Å². The first-order valence-corrected chi connectivity index (χ1v) is 20.6. The first-order valence-electron chi connectivity index (χ1n) is 20.6. The van der Waals surface area contributed by atoms with Crippen molar-refractivity contribution in [3.05, 3.63) is 72.9 Å². The van der Waals surface area contributed by atoms with E-state index in [9.17, 15) is 14.4 Å². The first-order chi connectivity index (χ1) is 25.0. The number of carboxylic acids is 1. The minimum absolute atomic E-state index is 0.0231. The number of allylic oxidation sites excluding steroid dienone is 12. The standard InChI is InChI=1S/C45H75NO5/c1-3-5-7-9-11-13-15-17-19-20-22-24-26-29-33-37-42(38-34-30-28-31-35-39-43(47)46-41-44(48)49)51-45(50)40-36-32-27-25-23-21-18-16-14-12-10-8-6-4-2/h5,7,10-13,16-19,22,24,42H,3-4,6,8-9,14-15,20-21,23,25-41H2,1-2H3,(H,46,47)(H,48,49)/b7-5-,12-10-,13-11-,18-16-,19-17-,24-22-. The molecule has 0 aromatic rings. The van der Waals surface area contributed by atoms with Crippen molar-refractivity contribution in [2.24, 2.45) is 0 Å². The molecule has 0 saturated carbocycles. The lowest BCUT2D eigenvalue weighted by Gasteiger charge is -2.18. The highest BCUT2D eigenvalue weighted by atomic mass is 16.5. The van der Waals surface area contributed by atoms with Crippen LogP contribution in [0, 0.1) is 0 Å². The minimum atomic E-state index is -1.02. The summed E-state index contributed by atoms with van der Waals surface area (Å²) in [7, 11) is 0. The highest BCUT2D eigenvalue weighted by Crippen LogP contribution is 2.18. The molecule has 6 heteroatoms. The lowest BCUT2D eigenvalue weighted by Crippen LogP contribution is -2.28. The molecular weight excluding hydrogens is 634 g/mol. The van der Waals surface area contributed by atoms with Crippen molar-refractivity contribution in [2.75, 3.05) is 6.54 Å². The molecule has 0 aliphatic heterocycles. The van der Waals surface area contributed by atoms with Gasteiger partial charge in [0.1, 0.15) is 12.6 Å². The number of aliphatic carboxylic acids is 1. The van der Waals surface area contributed by atoms with Crippen LogP contribution in [0.5, 0.6) is 0 Å². The average Bonchev–Trinajstić information content (AvgIpc) is 3.11. The van der Waals surface area contributed by atoms with Crippen LogP contribution in [0.25, 0.3) is 0 Å². The van der Waals surface area contributed by atoms with Gasteiger partial charge in [0.05, 0.1) is 0 Å². The fourth-order valence-corrected chi connectivity index (χ4v) is 5.58. The SMILES string of the molecule is CC/C=C\C/C=C\C/C=C\C/C=C\CCCCC(CCCCCCCC(=O)NCC(=O)O)OC(=O)CCCCCCC/C=C\C/C=C\CCCC. The lowest BCUT2D eigenvalue weighted by molar-refractivity contribution is -0.150. The van der Waals surface area contributed by atoms with Gasteiger partial charge >= 0.3 is 11.9 Å². The summed E-state index contributed by atoms with van der Waals surface area (Å²) < 4.78 is 6.00. The van der Waals surface area contributed by atoms with E-state index in [4.69, 9.17) is 9.84 Å². The monoisotopic (exact) mass is 710 g/mol. The van der Waals surface area contributed by atoms with Crippen molar-refractivity contribution in [3.63, 3.8) is 0 Å². The molecule has 51 heavy (non-hydrogen) atoms. The van der Waals surface area contributed by atoms with Crippen molar-refractivity contribution in [1.29, 1.82) is 0 Å². The first kappa shape index (κ1) is 47.8. The van der Waals surface area contributed by atoms with Crippen molar-refractivity contribution in [1.82, 2.24) is 5.32 Å².